The van der Waals surface area contributed by atoms with Crippen LogP contribution in [0.3, 0.4) is 0 Å². The van der Waals surface area contributed by atoms with Gasteiger partial charge in [-0.1, -0.05) is 47.6 Å². The molecule has 2 unspecified atom stereocenters. The highest BCUT2D eigenvalue weighted by atomic mass is 16.5. The van der Waals surface area contributed by atoms with Gasteiger partial charge in [-0.3, -0.25) is 0 Å². The van der Waals surface area contributed by atoms with Crippen LogP contribution in [0.2, 0.25) is 0 Å². The lowest BCUT2D eigenvalue weighted by Crippen LogP contribution is -2.41. The molecule has 0 bridgehead atoms. The molecule has 114 valence electrons. The van der Waals surface area contributed by atoms with E-state index in [9.17, 15) is 5.11 Å². The Morgan fingerprint density at radius 2 is 1.89 bits per heavy atom. The minimum atomic E-state index is -0.170. The lowest BCUT2D eigenvalue weighted by atomic mass is 9.74. The van der Waals surface area contributed by atoms with E-state index in [1.165, 1.54) is 0 Å². The van der Waals surface area contributed by atoms with E-state index in [-0.39, 0.29) is 24.0 Å². The molecule has 0 fully saturated rings. The number of aliphatic hydroxyl groups is 1. The summed E-state index contributed by atoms with van der Waals surface area (Å²) in [6.07, 6.45) is 2.05. The van der Waals surface area contributed by atoms with Gasteiger partial charge < -0.3 is 15.2 Å². The molecule has 0 aromatic rings. The first kappa shape index (κ1) is 18.5. The largest absolute Gasteiger partial charge is 0.396 e. The Hall–Kier alpha value is -0.540. The summed E-state index contributed by atoms with van der Waals surface area (Å²) in [5, 5.41) is 13.0. The molecule has 0 aliphatic heterocycles. The minimum absolute atomic E-state index is 0.0591. The highest BCUT2D eigenvalue weighted by Gasteiger charge is 2.35. The SMILES string of the molecule is C=C(NCC(C)CC)[C@@H](OC)C(CC)C(C)(C)CO. The molecule has 3 nitrogen and oxygen atoms in total. The van der Waals surface area contributed by atoms with Crippen LogP contribution in [-0.2, 0) is 4.74 Å². The van der Waals surface area contributed by atoms with E-state index < -0.39 is 0 Å². The third-order valence-corrected chi connectivity index (χ3v) is 4.19. The van der Waals surface area contributed by atoms with Gasteiger partial charge >= 0.3 is 0 Å². The van der Waals surface area contributed by atoms with Crippen molar-refractivity contribution in [1.82, 2.24) is 5.32 Å². The Morgan fingerprint density at radius 1 is 1.32 bits per heavy atom. The number of hydrogen-bond donors (Lipinski definition) is 2. The molecule has 0 saturated heterocycles. The molecule has 0 radical (unpaired) electrons. The van der Waals surface area contributed by atoms with Gasteiger partial charge in [0.2, 0.25) is 0 Å². The molecular weight excluding hydrogens is 238 g/mol. The van der Waals surface area contributed by atoms with E-state index in [0.29, 0.717) is 5.92 Å². The number of methoxy groups -OCH3 is 1. The van der Waals surface area contributed by atoms with Crippen LogP contribution in [-0.4, -0.2) is 31.5 Å². The summed E-state index contributed by atoms with van der Waals surface area (Å²) < 4.78 is 5.65. The Balaban J connectivity index is 4.73. The summed E-state index contributed by atoms with van der Waals surface area (Å²) >= 11 is 0. The van der Waals surface area contributed by atoms with Gasteiger partial charge in [0, 0.05) is 26.0 Å². The van der Waals surface area contributed by atoms with Crippen molar-refractivity contribution in [2.24, 2.45) is 17.3 Å². The minimum Gasteiger partial charge on any atom is -0.396 e. The Morgan fingerprint density at radius 3 is 2.26 bits per heavy atom. The van der Waals surface area contributed by atoms with E-state index in [4.69, 9.17) is 4.74 Å². The van der Waals surface area contributed by atoms with Crippen LogP contribution in [0.1, 0.15) is 47.5 Å². The molecule has 0 heterocycles. The third kappa shape index (κ3) is 5.53. The van der Waals surface area contributed by atoms with Crippen LogP contribution in [0.4, 0.5) is 0 Å². The maximum Gasteiger partial charge on any atom is 0.0993 e. The summed E-state index contributed by atoms with van der Waals surface area (Å²) in [7, 11) is 1.72. The molecule has 2 N–H and O–H groups in total. The molecule has 3 heteroatoms. The number of nitrogens with one attached hydrogen (secondary N) is 1. The predicted octanol–water partition coefficient (Wildman–Crippen LogP) is 3.20. The molecule has 0 aliphatic rings. The molecule has 0 aromatic heterocycles. The summed E-state index contributed by atoms with van der Waals surface area (Å²) in [6, 6.07) is 0. The molecule has 0 aliphatic carbocycles. The Labute approximate surface area is 119 Å². The van der Waals surface area contributed by atoms with Crippen molar-refractivity contribution in [2.75, 3.05) is 20.3 Å². The first-order valence-corrected chi connectivity index (χ1v) is 7.40. The number of rotatable bonds is 10. The van der Waals surface area contributed by atoms with E-state index in [0.717, 1.165) is 25.1 Å². The van der Waals surface area contributed by atoms with Gasteiger partial charge in [-0.15, -0.1) is 0 Å². The predicted molar refractivity (Wildman–Crippen MR) is 82.0 cm³/mol. The van der Waals surface area contributed by atoms with Crippen LogP contribution in [0.15, 0.2) is 12.3 Å². The average molecular weight is 271 g/mol. The second-order valence-electron chi connectivity index (χ2n) is 6.24. The highest BCUT2D eigenvalue weighted by Crippen LogP contribution is 2.34. The van der Waals surface area contributed by atoms with E-state index >= 15 is 0 Å². The van der Waals surface area contributed by atoms with Gasteiger partial charge in [0.15, 0.2) is 0 Å². The first-order valence-electron chi connectivity index (χ1n) is 7.40. The van der Waals surface area contributed by atoms with Crippen LogP contribution < -0.4 is 5.32 Å². The van der Waals surface area contributed by atoms with E-state index in [1.807, 2.05) is 0 Å². The number of ether oxygens (including phenoxy) is 1. The maximum absolute atomic E-state index is 9.57. The number of aliphatic hydroxyl groups excluding tert-OH is 1. The van der Waals surface area contributed by atoms with Crippen LogP contribution >= 0.6 is 0 Å². The smallest absolute Gasteiger partial charge is 0.0993 e. The third-order valence-electron chi connectivity index (χ3n) is 4.19. The van der Waals surface area contributed by atoms with Crippen LogP contribution in [0, 0.1) is 17.3 Å². The normalized spacial score (nSPS) is 16.8. The molecule has 3 atom stereocenters. The first-order chi connectivity index (χ1) is 8.83. The van der Waals surface area contributed by atoms with E-state index in [1.54, 1.807) is 7.11 Å². The van der Waals surface area contributed by atoms with Crippen molar-refractivity contribution in [3.05, 3.63) is 12.3 Å². The van der Waals surface area contributed by atoms with Crippen molar-refractivity contribution in [1.29, 1.82) is 0 Å². The Bertz CT molecular complexity index is 263. The van der Waals surface area contributed by atoms with Crippen molar-refractivity contribution >= 4 is 0 Å². The monoisotopic (exact) mass is 271 g/mol. The van der Waals surface area contributed by atoms with Crippen LogP contribution in [0.5, 0.6) is 0 Å². The molecular formula is C16H33NO2. The number of hydrogen-bond acceptors (Lipinski definition) is 3. The van der Waals surface area contributed by atoms with Crippen molar-refractivity contribution in [3.63, 3.8) is 0 Å². The standard InChI is InChI=1S/C16H33NO2/c1-8-12(3)10-17-13(4)15(19-7)14(9-2)16(5,6)11-18/h12,14-15,17-18H,4,8-11H2,1-3,5-7H3/t12?,14?,15-/m1/s1. The van der Waals surface area contributed by atoms with Gasteiger partial charge in [0.05, 0.1) is 6.10 Å². The van der Waals surface area contributed by atoms with Gasteiger partial charge in [0.1, 0.15) is 0 Å². The zero-order chi connectivity index (χ0) is 15.1. The summed E-state index contributed by atoms with van der Waals surface area (Å²) in [6.45, 7) is 15.9. The van der Waals surface area contributed by atoms with Crippen molar-refractivity contribution in [3.8, 4) is 0 Å². The highest BCUT2D eigenvalue weighted by molar-refractivity contribution is 5.05. The van der Waals surface area contributed by atoms with Gasteiger partial charge in [-0.25, -0.2) is 0 Å². The average Bonchev–Trinajstić information content (AvgIpc) is 2.40. The van der Waals surface area contributed by atoms with Gasteiger partial charge in [-0.05, 0) is 23.7 Å². The summed E-state index contributed by atoms with van der Waals surface area (Å²) in [4.78, 5) is 0. The molecule has 0 saturated carbocycles. The molecule has 19 heavy (non-hydrogen) atoms. The molecule has 0 rings (SSSR count). The second kappa shape index (κ2) is 8.60. The topological polar surface area (TPSA) is 41.5 Å². The zero-order valence-corrected chi connectivity index (χ0v) is 13.6. The quantitative estimate of drug-likeness (QED) is 0.641. The zero-order valence-electron chi connectivity index (χ0n) is 13.6. The Kier molecular flexibility index (Phi) is 8.35. The summed E-state index contributed by atoms with van der Waals surface area (Å²) in [5.41, 5.74) is 0.757. The molecule has 0 aromatic carbocycles. The fourth-order valence-corrected chi connectivity index (χ4v) is 2.39. The van der Waals surface area contributed by atoms with E-state index in [2.05, 4.69) is 46.5 Å². The fourth-order valence-electron chi connectivity index (χ4n) is 2.39. The van der Waals surface area contributed by atoms with Gasteiger partial charge in [-0.2, -0.15) is 0 Å². The lowest BCUT2D eigenvalue weighted by Gasteiger charge is -2.38. The fraction of sp³-hybridized carbons (Fsp3) is 0.875. The van der Waals surface area contributed by atoms with Crippen molar-refractivity contribution < 1.29 is 9.84 Å². The summed E-state index contributed by atoms with van der Waals surface area (Å²) in [5.74, 6) is 0.875. The molecule has 0 amide bonds. The van der Waals surface area contributed by atoms with Crippen LogP contribution in [0.25, 0.3) is 0 Å². The second-order valence-corrected chi connectivity index (χ2v) is 6.24. The van der Waals surface area contributed by atoms with Gasteiger partial charge in [0.25, 0.3) is 0 Å². The van der Waals surface area contributed by atoms with Crippen molar-refractivity contribution in [2.45, 2.75) is 53.6 Å². The maximum atomic E-state index is 9.57. The molecule has 0 spiro atoms. The lowest BCUT2D eigenvalue weighted by molar-refractivity contribution is -0.00941.